The van der Waals surface area contributed by atoms with Gasteiger partial charge in [0.1, 0.15) is 11.5 Å². The Balaban J connectivity index is 1.36. The van der Waals surface area contributed by atoms with Crippen molar-refractivity contribution in [1.82, 2.24) is 15.2 Å². The van der Waals surface area contributed by atoms with E-state index < -0.39 is 10.8 Å². The van der Waals surface area contributed by atoms with Gasteiger partial charge >= 0.3 is 0 Å². The first kappa shape index (κ1) is 23.4. The topological polar surface area (TPSA) is 133 Å². The van der Waals surface area contributed by atoms with Crippen LogP contribution in [0.3, 0.4) is 0 Å². The lowest BCUT2D eigenvalue weighted by molar-refractivity contribution is -0.384. The summed E-state index contributed by atoms with van der Waals surface area (Å²) < 4.78 is 6.96. The maximum absolute atomic E-state index is 13.0. The van der Waals surface area contributed by atoms with Gasteiger partial charge in [-0.2, -0.15) is 10.2 Å². The van der Waals surface area contributed by atoms with Gasteiger partial charge in [-0.25, -0.2) is 10.1 Å². The Kier molecular flexibility index (Phi) is 6.37. The predicted molar refractivity (Wildman–Crippen MR) is 137 cm³/mol. The van der Waals surface area contributed by atoms with E-state index in [0.29, 0.717) is 27.9 Å². The highest BCUT2D eigenvalue weighted by molar-refractivity contribution is 6.04. The number of fused-ring (bicyclic) bond motifs is 1. The lowest BCUT2D eigenvalue weighted by atomic mass is 10.1. The molecular weight excluding hydrogens is 474 g/mol. The monoisotopic (exact) mass is 493 g/mol. The van der Waals surface area contributed by atoms with Crippen LogP contribution in [0.25, 0.3) is 22.1 Å². The van der Waals surface area contributed by atoms with E-state index in [4.69, 9.17) is 4.42 Å². The number of benzene rings is 3. The third-order valence-electron chi connectivity index (χ3n) is 5.61. The normalized spacial score (nSPS) is 11.1. The van der Waals surface area contributed by atoms with Crippen LogP contribution in [0.1, 0.15) is 21.8 Å². The van der Waals surface area contributed by atoms with Gasteiger partial charge in [0, 0.05) is 23.1 Å². The molecule has 10 nitrogen and oxygen atoms in total. The minimum absolute atomic E-state index is 0.0176. The molecule has 37 heavy (non-hydrogen) atoms. The summed E-state index contributed by atoms with van der Waals surface area (Å²) in [5.41, 5.74) is 3.72. The van der Waals surface area contributed by atoms with Gasteiger partial charge in [-0.1, -0.05) is 48.5 Å². The number of furan rings is 1. The zero-order chi connectivity index (χ0) is 25.8. The second-order valence-corrected chi connectivity index (χ2v) is 8.05. The van der Waals surface area contributed by atoms with Crippen LogP contribution in [0, 0.1) is 10.1 Å². The molecule has 5 aromatic rings. The van der Waals surface area contributed by atoms with Crippen molar-refractivity contribution in [2.75, 3.05) is 0 Å². The van der Waals surface area contributed by atoms with E-state index in [1.165, 1.54) is 23.0 Å². The van der Waals surface area contributed by atoms with Crippen LogP contribution < -0.4 is 11.0 Å². The van der Waals surface area contributed by atoms with Crippen molar-refractivity contribution in [2.45, 2.75) is 6.54 Å². The minimum Gasteiger partial charge on any atom is -0.455 e. The maximum atomic E-state index is 13.0. The van der Waals surface area contributed by atoms with Crippen molar-refractivity contribution in [3.8, 4) is 11.3 Å². The molecule has 0 fully saturated rings. The number of hydrogen-bond donors (Lipinski definition) is 1. The predicted octanol–water partition coefficient (Wildman–Crippen LogP) is 4.38. The number of hydrogen-bond acceptors (Lipinski definition) is 7. The van der Waals surface area contributed by atoms with E-state index in [1.54, 1.807) is 48.5 Å². The molecule has 0 aliphatic heterocycles. The molecule has 0 aliphatic rings. The number of amides is 1. The molecule has 182 valence electrons. The van der Waals surface area contributed by atoms with E-state index in [-0.39, 0.29) is 23.5 Å². The molecule has 0 radical (unpaired) electrons. The first-order valence-corrected chi connectivity index (χ1v) is 11.2. The number of carbonyl (C=O) groups is 1. The van der Waals surface area contributed by atoms with Crippen LogP contribution in [-0.2, 0) is 6.54 Å². The number of nitrogens with zero attached hydrogens (tertiary/aromatic N) is 4. The lowest BCUT2D eigenvalue weighted by Crippen LogP contribution is -2.29. The van der Waals surface area contributed by atoms with E-state index in [1.807, 2.05) is 30.3 Å². The zero-order valence-corrected chi connectivity index (χ0v) is 19.3. The highest BCUT2D eigenvalue weighted by Crippen LogP contribution is 2.24. The molecule has 1 amide bonds. The van der Waals surface area contributed by atoms with E-state index in [2.05, 4.69) is 15.6 Å². The third-order valence-corrected chi connectivity index (χ3v) is 5.61. The summed E-state index contributed by atoms with van der Waals surface area (Å²) in [6.45, 7) is 0.214. The van der Waals surface area contributed by atoms with Crippen molar-refractivity contribution >= 4 is 28.6 Å². The largest absolute Gasteiger partial charge is 0.455 e. The maximum Gasteiger partial charge on any atom is 0.292 e. The van der Waals surface area contributed by atoms with Crippen molar-refractivity contribution in [3.05, 3.63) is 128 Å². The molecule has 10 heteroatoms. The summed E-state index contributed by atoms with van der Waals surface area (Å²) in [6, 6.07) is 25.4. The molecule has 2 heterocycles. The van der Waals surface area contributed by atoms with Crippen molar-refractivity contribution in [3.63, 3.8) is 0 Å². The Labute approximate surface area is 209 Å². The molecule has 0 unspecified atom stereocenters. The number of rotatable bonds is 7. The van der Waals surface area contributed by atoms with E-state index >= 15 is 0 Å². The van der Waals surface area contributed by atoms with Gasteiger partial charge in [-0.3, -0.25) is 19.7 Å². The Bertz CT molecular complexity index is 1690. The molecule has 0 atom stereocenters. The molecule has 2 aromatic heterocycles. The number of hydrazone groups is 1. The van der Waals surface area contributed by atoms with Crippen LogP contribution in [0.4, 0.5) is 5.69 Å². The molecule has 0 bridgehead atoms. The first-order chi connectivity index (χ1) is 18.0. The average molecular weight is 493 g/mol. The van der Waals surface area contributed by atoms with Crippen LogP contribution in [-0.4, -0.2) is 26.8 Å². The number of nitro groups is 1. The van der Waals surface area contributed by atoms with Gasteiger partial charge in [0.15, 0.2) is 5.69 Å². The average Bonchev–Trinajstić information content (AvgIpc) is 3.40. The number of non-ortho nitro benzene ring substituents is 1. The fourth-order valence-corrected chi connectivity index (χ4v) is 3.80. The number of carbonyl (C=O) groups excluding carboxylic acids is 1. The summed E-state index contributed by atoms with van der Waals surface area (Å²) in [4.78, 5) is 36.3. The van der Waals surface area contributed by atoms with Gasteiger partial charge in [-0.05, 0) is 35.9 Å². The lowest BCUT2D eigenvalue weighted by Gasteiger charge is -2.10. The molecule has 3 aromatic carbocycles. The Morgan fingerprint density at radius 2 is 1.68 bits per heavy atom. The molecule has 0 aliphatic carbocycles. The zero-order valence-electron chi connectivity index (χ0n) is 19.3. The van der Waals surface area contributed by atoms with Crippen molar-refractivity contribution in [1.29, 1.82) is 0 Å². The van der Waals surface area contributed by atoms with E-state index in [0.717, 1.165) is 5.56 Å². The number of nitro benzene ring substituents is 1. The fraction of sp³-hybridized carbons (Fsp3) is 0.0370. The number of nitrogens with one attached hydrogen (secondary N) is 1. The summed E-state index contributed by atoms with van der Waals surface area (Å²) in [6.07, 6.45) is 1.33. The van der Waals surface area contributed by atoms with E-state index in [9.17, 15) is 19.7 Å². The molecule has 5 rings (SSSR count). The summed E-state index contributed by atoms with van der Waals surface area (Å²) in [7, 11) is 0. The molecule has 1 N–H and O–H groups in total. The van der Waals surface area contributed by atoms with Crippen molar-refractivity contribution in [2.24, 2.45) is 5.10 Å². The van der Waals surface area contributed by atoms with Crippen molar-refractivity contribution < 1.29 is 14.1 Å². The van der Waals surface area contributed by atoms with Gasteiger partial charge in [0.25, 0.3) is 17.2 Å². The highest BCUT2D eigenvalue weighted by atomic mass is 16.6. The SMILES string of the molecule is O=C(NN=Cc1ccc(-c2ccc([N+](=O)[O-])cc2)o1)c1nn(Cc2ccccc2)c(=O)c2ccccc12. The van der Waals surface area contributed by atoms with Gasteiger partial charge in [-0.15, -0.1) is 0 Å². The Morgan fingerprint density at radius 1 is 0.973 bits per heavy atom. The molecule has 0 spiro atoms. The smallest absolute Gasteiger partial charge is 0.292 e. The van der Waals surface area contributed by atoms with Crippen LogP contribution in [0.2, 0.25) is 0 Å². The summed E-state index contributed by atoms with van der Waals surface area (Å²) in [5, 5.41) is 19.9. The summed E-state index contributed by atoms with van der Waals surface area (Å²) in [5.74, 6) is 0.264. The van der Waals surface area contributed by atoms with Crippen LogP contribution in [0.5, 0.6) is 0 Å². The minimum atomic E-state index is -0.587. The second-order valence-electron chi connectivity index (χ2n) is 8.05. The standard InChI is InChI=1S/C27H19N5O5/c33-26(29-28-16-21-14-15-24(37-21)19-10-12-20(13-11-19)32(35)36)25-22-8-4-5-9-23(22)27(34)31(30-25)17-18-6-2-1-3-7-18/h1-16H,17H2,(H,29,33). The quantitative estimate of drug-likeness (QED) is 0.203. The van der Waals surface area contributed by atoms with Crippen LogP contribution in [0.15, 0.2) is 105 Å². The number of aromatic nitrogens is 2. The molecule has 0 saturated heterocycles. The first-order valence-electron chi connectivity index (χ1n) is 11.2. The van der Waals surface area contributed by atoms with Crippen LogP contribution >= 0.6 is 0 Å². The molecular formula is C27H19N5O5. The Morgan fingerprint density at radius 3 is 2.41 bits per heavy atom. The van der Waals surface area contributed by atoms with Gasteiger partial charge in [0.05, 0.1) is 23.1 Å². The summed E-state index contributed by atoms with van der Waals surface area (Å²) >= 11 is 0. The van der Waals surface area contributed by atoms with Gasteiger partial charge in [0.2, 0.25) is 0 Å². The third kappa shape index (κ3) is 5.03. The molecule has 0 saturated carbocycles. The highest BCUT2D eigenvalue weighted by Gasteiger charge is 2.16. The van der Waals surface area contributed by atoms with Gasteiger partial charge < -0.3 is 4.42 Å². The second kappa shape index (κ2) is 10.1. The fourth-order valence-electron chi connectivity index (χ4n) is 3.80. The Hall–Kier alpha value is -5.38.